The number of rotatable bonds is 4. The molecule has 3 rings (SSSR count). The molecule has 0 fully saturated rings. The highest BCUT2D eigenvalue weighted by Gasteiger charge is 2.22. The number of hydrogen-bond donors (Lipinski definition) is 1. The van der Waals surface area contributed by atoms with E-state index in [1.807, 2.05) is 13.8 Å². The molecule has 0 bridgehead atoms. The second-order valence-corrected chi connectivity index (χ2v) is 6.47. The van der Waals surface area contributed by atoms with E-state index in [0.717, 1.165) is 0 Å². The zero-order valence-corrected chi connectivity index (χ0v) is 14.5. The van der Waals surface area contributed by atoms with Crippen molar-refractivity contribution in [2.24, 2.45) is 5.92 Å². The van der Waals surface area contributed by atoms with Crippen molar-refractivity contribution >= 4 is 17.6 Å². The Bertz CT molecular complexity index is 891. The van der Waals surface area contributed by atoms with Gasteiger partial charge in [-0.1, -0.05) is 25.4 Å². The summed E-state index contributed by atoms with van der Waals surface area (Å²) in [6.45, 7) is 5.20. The van der Waals surface area contributed by atoms with Crippen LogP contribution in [0.1, 0.15) is 24.2 Å². The molecular weight excluding hydrogens is 348 g/mol. The summed E-state index contributed by atoms with van der Waals surface area (Å²) in [5, 5.41) is 9.28. The Kier molecular flexibility index (Phi) is 4.67. The molecule has 3 heterocycles. The summed E-state index contributed by atoms with van der Waals surface area (Å²) < 4.78 is 13.0. The summed E-state index contributed by atoms with van der Waals surface area (Å²) in [6.07, 6.45) is 1.30. The summed E-state index contributed by atoms with van der Waals surface area (Å²) in [5.41, 5.74) is -0.0481. The second kappa shape index (κ2) is 6.76. The van der Waals surface area contributed by atoms with Crippen LogP contribution in [0.5, 0.6) is 11.5 Å². The van der Waals surface area contributed by atoms with E-state index in [9.17, 15) is 9.59 Å². The molecule has 0 radical (unpaired) electrons. The fourth-order valence-electron chi connectivity index (χ4n) is 2.48. The first kappa shape index (κ1) is 17.3. The average Bonchev–Trinajstić information content (AvgIpc) is 2.70. The number of aromatic nitrogens is 2. The van der Waals surface area contributed by atoms with Crippen molar-refractivity contribution in [2.75, 3.05) is 13.2 Å². The Hall–Kier alpha value is -2.54. The van der Waals surface area contributed by atoms with Gasteiger partial charge in [0.1, 0.15) is 17.9 Å². The van der Waals surface area contributed by atoms with Gasteiger partial charge in [0.2, 0.25) is 0 Å². The molecule has 2 aromatic heterocycles. The van der Waals surface area contributed by atoms with Gasteiger partial charge in [-0.05, 0) is 5.92 Å². The number of carboxylic acid groups (broad SMARTS) is 1. The number of fused-ring (bicyclic) bond motifs is 3. The van der Waals surface area contributed by atoms with Crippen LogP contribution in [0, 0.1) is 5.92 Å². The summed E-state index contributed by atoms with van der Waals surface area (Å²) in [6, 6.07) is 2.90. The standard InChI is InChI=1S/C17H17ClN2O5/c1-9(2)8-25-14-6-13-15(19-16(14)18)11-5-12(21)10(17(22)23)7-20(11)3-4-24-13/h5-7,9H,3-4,8H2,1-2H3,(H,22,23). The van der Waals surface area contributed by atoms with Crippen molar-refractivity contribution in [1.82, 2.24) is 9.55 Å². The van der Waals surface area contributed by atoms with Crippen LogP contribution >= 0.6 is 11.6 Å². The Morgan fingerprint density at radius 3 is 2.92 bits per heavy atom. The molecule has 1 aliphatic heterocycles. The maximum absolute atomic E-state index is 12.1. The van der Waals surface area contributed by atoms with Gasteiger partial charge < -0.3 is 19.1 Å². The van der Waals surface area contributed by atoms with Gasteiger partial charge in [0.05, 0.1) is 18.8 Å². The van der Waals surface area contributed by atoms with Gasteiger partial charge in [0.15, 0.2) is 22.1 Å². The van der Waals surface area contributed by atoms with Crippen LogP contribution in [0.3, 0.4) is 0 Å². The predicted molar refractivity (Wildman–Crippen MR) is 91.7 cm³/mol. The Balaban J connectivity index is 2.10. The van der Waals surface area contributed by atoms with Crippen molar-refractivity contribution in [3.63, 3.8) is 0 Å². The lowest BCUT2D eigenvalue weighted by Gasteiger charge is -2.14. The summed E-state index contributed by atoms with van der Waals surface area (Å²) in [4.78, 5) is 27.5. The molecule has 7 nitrogen and oxygen atoms in total. The molecule has 0 atom stereocenters. The minimum absolute atomic E-state index is 0.159. The highest BCUT2D eigenvalue weighted by molar-refractivity contribution is 6.31. The minimum Gasteiger partial charge on any atom is -0.490 e. The third-order valence-electron chi connectivity index (χ3n) is 3.67. The van der Waals surface area contributed by atoms with Gasteiger partial charge in [-0.25, -0.2) is 9.78 Å². The first-order valence-electron chi connectivity index (χ1n) is 7.81. The van der Waals surface area contributed by atoms with Crippen molar-refractivity contribution in [2.45, 2.75) is 20.4 Å². The first-order chi connectivity index (χ1) is 11.9. The highest BCUT2D eigenvalue weighted by Crippen LogP contribution is 2.37. The summed E-state index contributed by atoms with van der Waals surface area (Å²) in [7, 11) is 0. The van der Waals surface area contributed by atoms with Gasteiger partial charge in [-0.15, -0.1) is 0 Å². The van der Waals surface area contributed by atoms with Crippen LogP contribution in [-0.4, -0.2) is 33.8 Å². The molecule has 2 aromatic rings. The SMILES string of the molecule is CC(C)COc1cc2c(nc1Cl)-c1cc(=O)c(C(=O)O)cn1CCO2. The van der Waals surface area contributed by atoms with E-state index >= 15 is 0 Å². The lowest BCUT2D eigenvalue weighted by molar-refractivity contribution is 0.0694. The van der Waals surface area contributed by atoms with E-state index in [1.54, 1.807) is 10.6 Å². The van der Waals surface area contributed by atoms with Gasteiger partial charge in [0.25, 0.3) is 0 Å². The molecule has 8 heteroatoms. The number of hydrogen-bond acceptors (Lipinski definition) is 5. The molecule has 0 saturated carbocycles. The van der Waals surface area contributed by atoms with Crippen LogP contribution in [0.25, 0.3) is 11.4 Å². The van der Waals surface area contributed by atoms with E-state index in [2.05, 4.69) is 4.98 Å². The second-order valence-electron chi connectivity index (χ2n) is 6.11. The van der Waals surface area contributed by atoms with Crippen LogP contribution < -0.4 is 14.9 Å². The predicted octanol–water partition coefficient (Wildman–Crippen LogP) is 2.69. The number of halogens is 1. The van der Waals surface area contributed by atoms with Gasteiger partial charge in [0, 0.05) is 18.3 Å². The molecule has 1 N–H and O–H groups in total. The van der Waals surface area contributed by atoms with Crippen molar-refractivity contribution in [1.29, 1.82) is 0 Å². The van der Waals surface area contributed by atoms with Crippen LogP contribution in [0.2, 0.25) is 5.15 Å². The molecule has 0 unspecified atom stereocenters. The van der Waals surface area contributed by atoms with E-state index in [4.69, 9.17) is 26.2 Å². The lowest BCUT2D eigenvalue weighted by Crippen LogP contribution is -2.19. The maximum Gasteiger partial charge on any atom is 0.341 e. The van der Waals surface area contributed by atoms with Crippen LogP contribution in [-0.2, 0) is 6.54 Å². The monoisotopic (exact) mass is 364 g/mol. The maximum atomic E-state index is 12.1. The minimum atomic E-state index is -1.27. The zero-order chi connectivity index (χ0) is 18.1. The number of pyridine rings is 2. The van der Waals surface area contributed by atoms with Gasteiger partial charge in [-0.2, -0.15) is 0 Å². The number of nitrogens with zero attached hydrogens (tertiary/aromatic N) is 2. The van der Waals surface area contributed by atoms with Crippen molar-refractivity contribution < 1.29 is 19.4 Å². The van der Waals surface area contributed by atoms with Crippen molar-refractivity contribution in [3.05, 3.63) is 39.3 Å². The van der Waals surface area contributed by atoms with Gasteiger partial charge in [-0.3, -0.25) is 4.79 Å². The largest absolute Gasteiger partial charge is 0.490 e. The van der Waals surface area contributed by atoms with E-state index in [0.29, 0.717) is 48.6 Å². The molecule has 0 aliphatic carbocycles. The number of carboxylic acids is 1. The lowest BCUT2D eigenvalue weighted by atomic mass is 10.1. The first-order valence-corrected chi connectivity index (χ1v) is 8.19. The highest BCUT2D eigenvalue weighted by atomic mass is 35.5. The van der Waals surface area contributed by atoms with Crippen molar-refractivity contribution in [3.8, 4) is 22.9 Å². The zero-order valence-electron chi connectivity index (χ0n) is 13.8. The Morgan fingerprint density at radius 1 is 1.48 bits per heavy atom. The average molecular weight is 365 g/mol. The summed E-state index contributed by atoms with van der Waals surface area (Å²) >= 11 is 6.21. The van der Waals surface area contributed by atoms with E-state index in [1.165, 1.54) is 12.3 Å². The number of aromatic carboxylic acids is 1. The molecule has 0 amide bonds. The molecule has 25 heavy (non-hydrogen) atoms. The quantitative estimate of drug-likeness (QED) is 0.839. The fraction of sp³-hybridized carbons (Fsp3) is 0.353. The molecule has 0 aromatic carbocycles. The third-order valence-corrected chi connectivity index (χ3v) is 3.94. The topological polar surface area (TPSA) is 90.6 Å². The van der Waals surface area contributed by atoms with Crippen LogP contribution in [0.15, 0.2) is 23.1 Å². The van der Waals surface area contributed by atoms with E-state index in [-0.39, 0.29) is 10.7 Å². The Labute approximate surface area is 148 Å². The smallest absolute Gasteiger partial charge is 0.341 e. The number of carbonyl (C=O) groups is 1. The normalized spacial score (nSPS) is 12.8. The van der Waals surface area contributed by atoms with E-state index < -0.39 is 11.4 Å². The molecule has 1 aliphatic rings. The third kappa shape index (κ3) is 3.46. The fourth-order valence-corrected chi connectivity index (χ4v) is 2.68. The molecule has 0 spiro atoms. The molecular formula is C17H17ClN2O5. The summed E-state index contributed by atoms with van der Waals surface area (Å²) in [5.74, 6) is -0.0948. The number of ether oxygens (including phenoxy) is 2. The molecule has 0 saturated heterocycles. The van der Waals surface area contributed by atoms with Crippen LogP contribution in [0.4, 0.5) is 0 Å². The van der Waals surface area contributed by atoms with Gasteiger partial charge >= 0.3 is 5.97 Å². The Morgan fingerprint density at radius 2 is 2.24 bits per heavy atom. The molecule has 132 valence electrons.